The molecule has 0 saturated heterocycles. The molecule has 0 heterocycles. The number of rotatable bonds is 2. The van der Waals surface area contributed by atoms with Crippen molar-refractivity contribution in [2.45, 2.75) is 6.61 Å². The predicted molar refractivity (Wildman–Crippen MR) is 43.4 cm³/mol. The van der Waals surface area contributed by atoms with Gasteiger partial charge in [-0.2, -0.15) is 0 Å². The van der Waals surface area contributed by atoms with E-state index in [0.29, 0.717) is 12.3 Å². The molecule has 0 radical (unpaired) electrons. The van der Waals surface area contributed by atoms with Crippen LogP contribution < -0.4 is 0 Å². The van der Waals surface area contributed by atoms with Crippen molar-refractivity contribution in [2.24, 2.45) is 0 Å². The van der Waals surface area contributed by atoms with Crippen LogP contribution >= 0.6 is 0 Å². The van der Waals surface area contributed by atoms with Crippen LogP contribution in [0.5, 0.6) is 0 Å². The Morgan fingerprint density at radius 2 is 2.00 bits per heavy atom. The van der Waals surface area contributed by atoms with Crippen molar-refractivity contribution in [3.05, 3.63) is 41.2 Å². The van der Waals surface area contributed by atoms with Crippen LogP contribution in [0.3, 0.4) is 0 Å². The highest BCUT2D eigenvalue weighted by atomic mass is 16.5. The first-order valence-corrected chi connectivity index (χ1v) is 3.32. The third-order valence-corrected chi connectivity index (χ3v) is 1.38. The van der Waals surface area contributed by atoms with Gasteiger partial charge in [0.1, 0.15) is 0 Å². The van der Waals surface area contributed by atoms with Crippen molar-refractivity contribution in [2.75, 3.05) is 7.11 Å². The molecule has 0 aliphatic rings. The molecule has 1 aromatic rings. The number of hydrogen-bond acceptors (Lipinski definition) is 1. The molecule has 0 aliphatic heterocycles. The van der Waals surface area contributed by atoms with Gasteiger partial charge in [0.25, 0.3) is 0 Å². The summed E-state index contributed by atoms with van der Waals surface area (Å²) < 4.78 is 4.92. The standard InChI is InChI=1S/C9H9NO/c1-10-9-5-3-8(4-6-9)7-11-2/h3-6H,7H2,2H3. The van der Waals surface area contributed by atoms with Gasteiger partial charge in [0.05, 0.1) is 13.2 Å². The highest BCUT2D eigenvalue weighted by Gasteiger charge is 1.91. The average molecular weight is 147 g/mol. The lowest BCUT2D eigenvalue weighted by Gasteiger charge is -1.97. The maximum Gasteiger partial charge on any atom is 0.187 e. The lowest BCUT2D eigenvalue weighted by Crippen LogP contribution is -1.84. The Labute approximate surface area is 66.2 Å². The Morgan fingerprint density at radius 3 is 2.45 bits per heavy atom. The number of hydrogen-bond donors (Lipinski definition) is 0. The Kier molecular flexibility index (Phi) is 2.65. The van der Waals surface area contributed by atoms with E-state index in [1.807, 2.05) is 12.1 Å². The molecule has 0 saturated carbocycles. The van der Waals surface area contributed by atoms with Crippen LogP contribution in [-0.4, -0.2) is 7.11 Å². The average Bonchev–Trinajstić information content (AvgIpc) is 2.07. The molecule has 1 aromatic carbocycles. The highest BCUT2D eigenvalue weighted by Crippen LogP contribution is 2.12. The molecule has 1 rings (SSSR count). The molecule has 0 aliphatic carbocycles. The van der Waals surface area contributed by atoms with E-state index in [-0.39, 0.29) is 0 Å². The quantitative estimate of drug-likeness (QED) is 0.585. The van der Waals surface area contributed by atoms with Crippen molar-refractivity contribution >= 4 is 5.69 Å². The minimum Gasteiger partial charge on any atom is -0.380 e. The molecule has 0 bridgehead atoms. The molecular weight excluding hydrogens is 138 g/mol. The zero-order valence-corrected chi connectivity index (χ0v) is 6.37. The maximum atomic E-state index is 6.71. The molecule has 0 aromatic heterocycles. The SMILES string of the molecule is [C-]#[N+]c1ccc(COC)cc1. The minimum atomic E-state index is 0.609. The first-order valence-electron chi connectivity index (χ1n) is 3.32. The molecule has 0 unspecified atom stereocenters. The fourth-order valence-corrected chi connectivity index (χ4v) is 0.833. The Morgan fingerprint density at radius 1 is 1.36 bits per heavy atom. The summed E-state index contributed by atoms with van der Waals surface area (Å²) in [5.74, 6) is 0. The van der Waals surface area contributed by atoms with Crippen molar-refractivity contribution in [3.63, 3.8) is 0 Å². The van der Waals surface area contributed by atoms with E-state index in [0.717, 1.165) is 5.56 Å². The Balaban J connectivity index is 2.76. The van der Waals surface area contributed by atoms with E-state index in [1.165, 1.54) is 0 Å². The Bertz CT molecular complexity index is 258. The molecule has 0 fully saturated rings. The van der Waals surface area contributed by atoms with Crippen LogP contribution in [-0.2, 0) is 11.3 Å². The van der Waals surface area contributed by atoms with Crippen LogP contribution in [0.25, 0.3) is 4.85 Å². The topological polar surface area (TPSA) is 13.6 Å². The van der Waals surface area contributed by atoms with E-state index in [4.69, 9.17) is 11.3 Å². The summed E-state index contributed by atoms with van der Waals surface area (Å²) in [6, 6.07) is 7.39. The van der Waals surface area contributed by atoms with Gasteiger partial charge in [-0.25, -0.2) is 4.85 Å². The van der Waals surface area contributed by atoms with Gasteiger partial charge in [0, 0.05) is 7.11 Å². The van der Waals surface area contributed by atoms with Crippen LogP contribution in [0.1, 0.15) is 5.56 Å². The van der Waals surface area contributed by atoms with Gasteiger partial charge < -0.3 is 4.74 Å². The van der Waals surface area contributed by atoms with Crippen molar-refractivity contribution in [1.82, 2.24) is 0 Å². The van der Waals surface area contributed by atoms with Gasteiger partial charge in [-0.1, -0.05) is 24.3 Å². The van der Waals surface area contributed by atoms with Crippen LogP contribution in [0.15, 0.2) is 24.3 Å². The Hall–Kier alpha value is -1.33. The van der Waals surface area contributed by atoms with E-state index in [1.54, 1.807) is 19.2 Å². The molecule has 0 spiro atoms. The molecule has 0 N–H and O–H groups in total. The maximum absolute atomic E-state index is 6.71. The fraction of sp³-hybridized carbons (Fsp3) is 0.222. The molecule has 11 heavy (non-hydrogen) atoms. The van der Waals surface area contributed by atoms with Gasteiger partial charge in [-0.15, -0.1) is 0 Å². The number of nitrogens with zero attached hydrogens (tertiary/aromatic N) is 1. The fourth-order valence-electron chi connectivity index (χ4n) is 0.833. The zero-order chi connectivity index (χ0) is 8.10. The lowest BCUT2D eigenvalue weighted by molar-refractivity contribution is 0.185. The first kappa shape index (κ1) is 7.77. The van der Waals surface area contributed by atoms with Gasteiger partial charge in [0.15, 0.2) is 5.69 Å². The normalized spacial score (nSPS) is 9.09. The second-order valence-electron chi connectivity index (χ2n) is 2.21. The predicted octanol–water partition coefficient (Wildman–Crippen LogP) is 2.38. The van der Waals surface area contributed by atoms with Gasteiger partial charge >= 0.3 is 0 Å². The first-order chi connectivity index (χ1) is 5.36. The lowest BCUT2D eigenvalue weighted by atomic mass is 10.2. The van der Waals surface area contributed by atoms with Crippen molar-refractivity contribution < 1.29 is 4.74 Å². The minimum absolute atomic E-state index is 0.609. The molecular formula is C9H9NO. The smallest absolute Gasteiger partial charge is 0.187 e. The molecule has 0 atom stereocenters. The van der Waals surface area contributed by atoms with Gasteiger partial charge in [-0.3, -0.25) is 0 Å². The summed E-state index contributed by atoms with van der Waals surface area (Å²) in [4.78, 5) is 3.28. The van der Waals surface area contributed by atoms with E-state index in [2.05, 4.69) is 4.85 Å². The molecule has 56 valence electrons. The zero-order valence-electron chi connectivity index (χ0n) is 6.37. The second kappa shape index (κ2) is 3.75. The highest BCUT2D eigenvalue weighted by molar-refractivity contribution is 5.45. The monoisotopic (exact) mass is 147 g/mol. The summed E-state index contributed by atoms with van der Waals surface area (Å²) in [6.07, 6.45) is 0. The molecule has 2 nitrogen and oxygen atoms in total. The van der Waals surface area contributed by atoms with Crippen molar-refractivity contribution in [1.29, 1.82) is 0 Å². The molecule has 2 heteroatoms. The van der Waals surface area contributed by atoms with Crippen LogP contribution in [0.2, 0.25) is 0 Å². The summed E-state index contributed by atoms with van der Waals surface area (Å²) in [5, 5.41) is 0. The summed E-state index contributed by atoms with van der Waals surface area (Å²) in [6.45, 7) is 7.32. The van der Waals surface area contributed by atoms with Gasteiger partial charge in [0.2, 0.25) is 0 Å². The van der Waals surface area contributed by atoms with Crippen LogP contribution in [0, 0.1) is 6.57 Å². The summed E-state index contributed by atoms with van der Waals surface area (Å²) >= 11 is 0. The van der Waals surface area contributed by atoms with Gasteiger partial charge in [-0.05, 0) is 5.56 Å². The van der Waals surface area contributed by atoms with E-state index in [9.17, 15) is 0 Å². The number of methoxy groups -OCH3 is 1. The third-order valence-electron chi connectivity index (χ3n) is 1.38. The summed E-state index contributed by atoms with van der Waals surface area (Å²) in [7, 11) is 1.66. The number of ether oxygens (including phenoxy) is 1. The van der Waals surface area contributed by atoms with E-state index >= 15 is 0 Å². The van der Waals surface area contributed by atoms with Crippen molar-refractivity contribution in [3.8, 4) is 0 Å². The van der Waals surface area contributed by atoms with E-state index < -0.39 is 0 Å². The third kappa shape index (κ3) is 2.06. The number of benzene rings is 1. The second-order valence-corrected chi connectivity index (χ2v) is 2.21. The molecule has 0 amide bonds. The van der Waals surface area contributed by atoms with Crippen LogP contribution in [0.4, 0.5) is 5.69 Å². The largest absolute Gasteiger partial charge is 0.380 e. The summed E-state index contributed by atoms with van der Waals surface area (Å²) in [5.41, 5.74) is 1.77.